The molecule has 1 saturated carbocycles. The van der Waals surface area contributed by atoms with Crippen molar-refractivity contribution >= 4 is 16.8 Å². The minimum absolute atomic E-state index is 0.0776. The summed E-state index contributed by atoms with van der Waals surface area (Å²) in [6.45, 7) is 2.33. The number of aliphatic hydroxyl groups is 1. The molecule has 4 rings (SSSR count). The highest BCUT2D eigenvalue weighted by Gasteiger charge is 2.38. The second kappa shape index (κ2) is 11.2. The molecule has 1 aromatic heterocycles. The zero-order valence-corrected chi connectivity index (χ0v) is 19.0. The third-order valence-electron chi connectivity index (χ3n) is 5.97. The van der Waals surface area contributed by atoms with Crippen LogP contribution in [0.4, 0.5) is 4.39 Å². The number of ether oxygens (including phenoxy) is 3. The predicted molar refractivity (Wildman–Crippen MR) is 121 cm³/mol. The molecule has 2 aromatic rings. The number of para-hydroxylation sites is 1. The van der Waals surface area contributed by atoms with Crippen LogP contribution in [0.3, 0.4) is 0 Å². The molecule has 1 saturated heterocycles. The number of nitrogens with one attached hydrogen (secondary N) is 1. The van der Waals surface area contributed by atoms with Crippen LogP contribution < -0.4 is 10.1 Å². The predicted octanol–water partition coefficient (Wildman–Crippen LogP) is 1.67. The number of carbonyl (C=O) groups excluding carboxylic acids is 1. The Morgan fingerprint density at radius 2 is 2.18 bits per heavy atom. The SMILES string of the molecule is COCCCOc1cc(CCN(C(=O)C2CNC[C@@H](CO)O2)C2CC2)nc2c(F)cccc12. The van der Waals surface area contributed by atoms with Gasteiger partial charge in [0.25, 0.3) is 5.91 Å². The van der Waals surface area contributed by atoms with E-state index in [9.17, 15) is 14.3 Å². The number of hydrogen-bond donors (Lipinski definition) is 2. The second-order valence-corrected chi connectivity index (χ2v) is 8.54. The van der Waals surface area contributed by atoms with Crippen molar-refractivity contribution in [2.24, 2.45) is 0 Å². The quantitative estimate of drug-likeness (QED) is 0.492. The first-order valence-corrected chi connectivity index (χ1v) is 11.6. The molecule has 0 bridgehead atoms. The highest BCUT2D eigenvalue weighted by atomic mass is 19.1. The molecule has 0 spiro atoms. The topological polar surface area (TPSA) is 93.2 Å². The van der Waals surface area contributed by atoms with E-state index in [2.05, 4.69) is 10.3 Å². The maximum atomic E-state index is 14.5. The minimum atomic E-state index is -0.613. The van der Waals surface area contributed by atoms with Crippen LogP contribution >= 0.6 is 0 Å². The molecule has 1 aliphatic heterocycles. The molecule has 1 aromatic carbocycles. The van der Waals surface area contributed by atoms with Gasteiger partial charge >= 0.3 is 0 Å². The molecule has 180 valence electrons. The van der Waals surface area contributed by atoms with Gasteiger partial charge in [0.2, 0.25) is 0 Å². The Kier molecular flexibility index (Phi) is 8.08. The summed E-state index contributed by atoms with van der Waals surface area (Å²) >= 11 is 0. The van der Waals surface area contributed by atoms with Gasteiger partial charge in [-0.2, -0.15) is 0 Å². The van der Waals surface area contributed by atoms with Gasteiger partial charge in [-0.25, -0.2) is 9.37 Å². The fourth-order valence-corrected chi connectivity index (χ4v) is 4.10. The van der Waals surface area contributed by atoms with Gasteiger partial charge in [-0.05, 0) is 25.0 Å². The summed E-state index contributed by atoms with van der Waals surface area (Å²) in [5, 5.41) is 13.2. The first kappa shape index (κ1) is 23.8. The van der Waals surface area contributed by atoms with Gasteiger partial charge in [0, 0.05) is 69.4 Å². The molecule has 2 fully saturated rings. The first-order valence-electron chi connectivity index (χ1n) is 11.6. The van der Waals surface area contributed by atoms with Gasteiger partial charge < -0.3 is 29.5 Å². The molecule has 2 N–H and O–H groups in total. The van der Waals surface area contributed by atoms with Crippen LogP contribution in [-0.4, -0.2) is 85.7 Å². The number of amides is 1. The molecule has 1 aliphatic carbocycles. The Morgan fingerprint density at radius 1 is 1.33 bits per heavy atom. The molecule has 0 radical (unpaired) electrons. The number of pyridine rings is 1. The van der Waals surface area contributed by atoms with Crippen molar-refractivity contribution < 1.29 is 28.5 Å². The van der Waals surface area contributed by atoms with E-state index in [4.69, 9.17) is 14.2 Å². The van der Waals surface area contributed by atoms with Crippen molar-refractivity contribution in [1.29, 1.82) is 0 Å². The average Bonchev–Trinajstić information content (AvgIpc) is 3.68. The van der Waals surface area contributed by atoms with E-state index in [0.717, 1.165) is 19.3 Å². The number of benzene rings is 1. The van der Waals surface area contributed by atoms with Crippen LogP contribution in [0.25, 0.3) is 10.9 Å². The number of morpholine rings is 1. The summed E-state index contributed by atoms with van der Waals surface area (Å²) in [6, 6.07) is 6.86. The van der Waals surface area contributed by atoms with Crippen molar-refractivity contribution in [3.05, 3.63) is 35.8 Å². The number of halogens is 1. The van der Waals surface area contributed by atoms with Crippen molar-refractivity contribution in [3.8, 4) is 5.75 Å². The number of nitrogens with zero attached hydrogens (tertiary/aromatic N) is 2. The fraction of sp³-hybridized carbons (Fsp3) is 0.583. The van der Waals surface area contributed by atoms with Crippen molar-refractivity contribution in [1.82, 2.24) is 15.2 Å². The normalized spacial score (nSPS) is 20.7. The van der Waals surface area contributed by atoms with E-state index < -0.39 is 11.9 Å². The monoisotopic (exact) mass is 461 g/mol. The molecule has 8 nitrogen and oxygen atoms in total. The molecule has 9 heteroatoms. The average molecular weight is 462 g/mol. The third-order valence-corrected chi connectivity index (χ3v) is 5.97. The fourth-order valence-electron chi connectivity index (χ4n) is 4.10. The van der Waals surface area contributed by atoms with Crippen LogP contribution in [0.1, 0.15) is 25.0 Å². The van der Waals surface area contributed by atoms with E-state index in [1.165, 1.54) is 6.07 Å². The number of aliphatic hydroxyl groups excluding tert-OH is 1. The number of fused-ring (bicyclic) bond motifs is 1. The first-order chi connectivity index (χ1) is 16.1. The van der Waals surface area contributed by atoms with Crippen LogP contribution in [0, 0.1) is 5.82 Å². The van der Waals surface area contributed by atoms with Gasteiger partial charge in [-0.15, -0.1) is 0 Å². The summed E-state index contributed by atoms with van der Waals surface area (Å²) in [7, 11) is 1.64. The number of rotatable bonds is 11. The summed E-state index contributed by atoms with van der Waals surface area (Å²) in [5.41, 5.74) is 0.940. The van der Waals surface area contributed by atoms with Crippen LogP contribution in [0.5, 0.6) is 5.75 Å². The lowest BCUT2D eigenvalue weighted by Gasteiger charge is -2.33. The molecular weight excluding hydrogens is 429 g/mol. The maximum absolute atomic E-state index is 14.5. The summed E-state index contributed by atoms with van der Waals surface area (Å²) in [4.78, 5) is 19.5. The standard InChI is InChI=1S/C24H32FN3O5/c1-31-10-3-11-32-21-12-16(27-23-19(21)4-2-5-20(23)25)8-9-28(17-6-7-17)24(30)22-14-26-13-18(15-29)33-22/h2,4-5,12,17-18,22,26,29H,3,6-11,13-15H2,1H3/t18-,22?/m0/s1. The van der Waals surface area contributed by atoms with Crippen LogP contribution in [0.15, 0.2) is 24.3 Å². The van der Waals surface area contributed by atoms with E-state index in [-0.39, 0.29) is 30.2 Å². The van der Waals surface area contributed by atoms with Crippen molar-refractivity contribution in [3.63, 3.8) is 0 Å². The molecule has 2 atom stereocenters. The Morgan fingerprint density at radius 3 is 2.94 bits per heavy atom. The van der Waals surface area contributed by atoms with Crippen molar-refractivity contribution in [2.45, 2.75) is 43.9 Å². The van der Waals surface area contributed by atoms with Crippen LogP contribution in [-0.2, 0) is 20.7 Å². The summed E-state index contributed by atoms with van der Waals surface area (Å²) in [6.07, 6.45) is 2.13. The molecule has 33 heavy (non-hydrogen) atoms. The Bertz CT molecular complexity index is 955. The van der Waals surface area contributed by atoms with E-state index in [0.29, 0.717) is 56.1 Å². The van der Waals surface area contributed by atoms with Crippen LogP contribution in [0.2, 0.25) is 0 Å². The Balaban J connectivity index is 1.48. The number of methoxy groups -OCH3 is 1. The molecule has 2 heterocycles. The van der Waals surface area contributed by atoms with E-state index >= 15 is 0 Å². The highest BCUT2D eigenvalue weighted by Crippen LogP contribution is 2.30. The second-order valence-electron chi connectivity index (χ2n) is 8.54. The zero-order chi connectivity index (χ0) is 23.2. The number of aromatic nitrogens is 1. The minimum Gasteiger partial charge on any atom is -0.493 e. The maximum Gasteiger partial charge on any atom is 0.253 e. The van der Waals surface area contributed by atoms with Gasteiger partial charge in [-0.1, -0.05) is 6.07 Å². The highest BCUT2D eigenvalue weighted by molar-refractivity contribution is 5.86. The van der Waals surface area contributed by atoms with E-state index in [1.807, 2.05) is 11.0 Å². The van der Waals surface area contributed by atoms with Crippen molar-refractivity contribution in [2.75, 3.05) is 46.6 Å². The molecule has 2 aliphatic rings. The summed E-state index contributed by atoms with van der Waals surface area (Å²) < 4.78 is 31.3. The van der Waals surface area contributed by atoms with Gasteiger partial charge in [-0.3, -0.25) is 4.79 Å². The molecule has 1 unspecified atom stereocenters. The van der Waals surface area contributed by atoms with Gasteiger partial charge in [0.05, 0.1) is 19.3 Å². The number of carbonyl (C=O) groups is 1. The largest absolute Gasteiger partial charge is 0.493 e. The lowest BCUT2D eigenvalue weighted by Crippen LogP contribution is -2.54. The Labute approximate surface area is 193 Å². The van der Waals surface area contributed by atoms with Gasteiger partial charge in [0.1, 0.15) is 23.2 Å². The zero-order valence-electron chi connectivity index (χ0n) is 19.0. The Hall–Kier alpha value is -2.33. The number of hydrogen-bond acceptors (Lipinski definition) is 7. The molecule has 1 amide bonds. The lowest BCUT2D eigenvalue weighted by molar-refractivity contribution is -0.153. The summed E-state index contributed by atoms with van der Waals surface area (Å²) in [5.74, 6) is 0.106. The van der Waals surface area contributed by atoms with Gasteiger partial charge in [0.15, 0.2) is 0 Å². The smallest absolute Gasteiger partial charge is 0.253 e. The lowest BCUT2D eigenvalue weighted by atomic mass is 10.1. The third kappa shape index (κ3) is 5.97. The molecular formula is C24H32FN3O5. The van der Waals surface area contributed by atoms with E-state index in [1.54, 1.807) is 19.2 Å².